The van der Waals surface area contributed by atoms with Gasteiger partial charge in [-0.3, -0.25) is 9.36 Å². The van der Waals surface area contributed by atoms with E-state index in [0.717, 1.165) is 48.1 Å². The second-order valence-corrected chi connectivity index (χ2v) is 4.98. The Morgan fingerprint density at radius 2 is 2.10 bits per heavy atom. The van der Waals surface area contributed by atoms with E-state index in [1.54, 1.807) is 6.20 Å². The van der Waals surface area contributed by atoms with Gasteiger partial charge in [-0.1, -0.05) is 25.4 Å². The molecule has 0 saturated heterocycles. The van der Waals surface area contributed by atoms with E-state index < -0.39 is 0 Å². The van der Waals surface area contributed by atoms with Crippen LogP contribution in [0, 0.1) is 0 Å². The molecule has 110 valence electrons. The van der Waals surface area contributed by atoms with Crippen molar-refractivity contribution in [3.8, 4) is 5.75 Å². The Morgan fingerprint density at radius 3 is 2.75 bits per heavy atom. The lowest BCUT2D eigenvalue weighted by atomic mass is 10.3. The van der Waals surface area contributed by atoms with Crippen LogP contribution in [0.5, 0.6) is 5.75 Å². The third kappa shape index (κ3) is 3.15. The highest BCUT2D eigenvalue weighted by Gasteiger charge is 2.15. The highest BCUT2D eigenvalue weighted by molar-refractivity contribution is 6.31. The van der Waals surface area contributed by atoms with Gasteiger partial charge in [0.2, 0.25) is 0 Å². The molecule has 0 N–H and O–H groups in total. The zero-order chi connectivity index (χ0) is 14.5. The number of hydrogen-bond donors (Lipinski definition) is 0. The summed E-state index contributed by atoms with van der Waals surface area (Å²) < 4.78 is 9.55. The number of rotatable bonds is 7. The van der Waals surface area contributed by atoms with Crippen LogP contribution >= 0.6 is 11.6 Å². The Labute approximate surface area is 124 Å². The number of nitrogens with zero attached hydrogens (tertiary/aromatic N) is 4. The molecule has 0 bridgehead atoms. The van der Waals surface area contributed by atoms with Gasteiger partial charge in [-0.25, -0.2) is 0 Å². The average Bonchev–Trinajstić information content (AvgIpc) is 3.01. The lowest BCUT2D eigenvalue weighted by Gasteiger charge is -2.06. The molecule has 6 heteroatoms. The van der Waals surface area contributed by atoms with Crippen molar-refractivity contribution in [2.75, 3.05) is 0 Å². The van der Waals surface area contributed by atoms with E-state index in [-0.39, 0.29) is 0 Å². The van der Waals surface area contributed by atoms with Crippen LogP contribution in [-0.2, 0) is 26.1 Å². The fourth-order valence-electron chi connectivity index (χ4n) is 2.08. The molecule has 0 aliphatic rings. The van der Waals surface area contributed by atoms with Crippen molar-refractivity contribution in [1.29, 1.82) is 0 Å². The maximum absolute atomic E-state index is 6.35. The summed E-state index contributed by atoms with van der Waals surface area (Å²) in [5, 5.41) is 9.44. The number of hydrogen-bond acceptors (Lipinski definition) is 3. The van der Waals surface area contributed by atoms with Crippen molar-refractivity contribution in [2.24, 2.45) is 0 Å². The molecule has 0 aliphatic carbocycles. The van der Waals surface area contributed by atoms with Crippen molar-refractivity contribution >= 4 is 11.6 Å². The molecule has 5 nitrogen and oxygen atoms in total. The zero-order valence-electron chi connectivity index (χ0n) is 12.3. The summed E-state index contributed by atoms with van der Waals surface area (Å²) in [4.78, 5) is 0. The van der Waals surface area contributed by atoms with Gasteiger partial charge in [0.15, 0.2) is 5.75 Å². The molecule has 2 aromatic heterocycles. The molecule has 0 amide bonds. The third-order valence-corrected chi connectivity index (χ3v) is 3.57. The van der Waals surface area contributed by atoms with Crippen molar-refractivity contribution in [1.82, 2.24) is 19.6 Å². The SMILES string of the molecule is CCCn1cc(OCc2c(Cl)c(CC)nn2CC)cn1. The van der Waals surface area contributed by atoms with E-state index >= 15 is 0 Å². The van der Waals surface area contributed by atoms with E-state index in [0.29, 0.717) is 6.61 Å². The van der Waals surface area contributed by atoms with Crippen molar-refractivity contribution < 1.29 is 4.74 Å². The van der Waals surface area contributed by atoms with E-state index in [9.17, 15) is 0 Å². The van der Waals surface area contributed by atoms with E-state index in [1.165, 1.54) is 0 Å². The predicted molar refractivity (Wildman–Crippen MR) is 79.1 cm³/mol. The Hall–Kier alpha value is -1.49. The standard InChI is InChI=1S/C14H21ClN4O/c1-4-7-18-9-11(8-16-18)20-10-13-14(15)12(5-2)17-19(13)6-3/h8-9H,4-7,10H2,1-3H3. The minimum Gasteiger partial charge on any atom is -0.484 e. The van der Waals surface area contributed by atoms with Gasteiger partial charge in [-0.2, -0.15) is 10.2 Å². The van der Waals surface area contributed by atoms with Crippen LogP contribution in [0.4, 0.5) is 0 Å². The van der Waals surface area contributed by atoms with Gasteiger partial charge in [-0.05, 0) is 19.8 Å². The van der Waals surface area contributed by atoms with Gasteiger partial charge in [0.1, 0.15) is 6.61 Å². The molecule has 2 aromatic rings. The first-order valence-corrected chi connectivity index (χ1v) is 7.46. The van der Waals surface area contributed by atoms with Crippen LogP contribution in [0.15, 0.2) is 12.4 Å². The minimum atomic E-state index is 0.414. The summed E-state index contributed by atoms with van der Waals surface area (Å²) >= 11 is 6.35. The molecule has 2 heterocycles. The van der Waals surface area contributed by atoms with Crippen molar-refractivity contribution in [2.45, 2.75) is 53.3 Å². The quantitative estimate of drug-likeness (QED) is 0.787. The molecule has 0 atom stereocenters. The van der Waals surface area contributed by atoms with Crippen LogP contribution in [0.25, 0.3) is 0 Å². The molecule has 20 heavy (non-hydrogen) atoms. The molecule has 0 radical (unpaired) electrons. The average molecular weight is 297 g/mol. The van der Waals surface area contributed by atoms with Gasteiger partial charge in [0.25, 0.3) is 0 Å². The second-order valence-electron chi connectivity index (χ2n) is 4.60. The van der Waals surface area contributed by atoms with Crippen molar-refractivity contribution in [3.63, 3.8) is 0 Å². The molecule has 0 aromatic carbocycles. The summed E-state index contributed by atoms with van der Waals surface area (Å²) in [6.45, 7) is 8.31. The Bertz CT molecular complexity index is 562. The molecule has 0 unspecified atom stereocenters. The number of ether oxygens (including phenoxy) is 1. The molecule has 0 aliphatic heterocycles. The molecular formula is C14H21ClN4O. The van der Waals surface area contributed by atoms with Gasteiger partial charge >= 0.3 is 0 Å². The maximum atomic E-state index is 6.35. The predicted octanol–water partition coefficient (Wildman–Crippen LogP) is 3.30. The summed E-state index contributed by atoms with van der Waals surface area (Å²) in [6.07, 6.45) is 5.52. The Morgan fingerprint density at radius 1 is 1.30 bits per heavy atom. The number of aromatic nitrogens is 4. The maximum Gasteiger partial charge on any atom is 0.157 e. The first-order chi connectivity index (χ1) is 9.69. The highest BCUT2D eigenvalue weighted by Crippen LogP contribution is 2.23. The largest absolute Gasteiger partial charge is 0.484 e. The van der Waals surface area contributed by atoms with Gasteiger partial charge in [0.05, 0.1) is 28.8 Å². The monoisotopic (exact) mass is 296 g/mol. The van der Waals surface area contributed by atoms with E-state index in [4.69, 9.17) is 16.3 Å². The summed E-state index contributed by atoms with van der Waals surface area (Å²) in [5.74, 6) is 0.761. The summed E-state index contributed by atoms with van der Waals surface area (Å²) in [7, 11) is 0. The molecule has 0 fully saturated rings. The minimum absolute atomic E-state index is 0.414. The summed E-state index contributed by atoms with van der Waals surface area (Å²) in [5.41, 5.74) is 1.85. The van der Waals surface area contributed by atoms with Crippen LogP contribution < -0.4 is 4.74 Å². The Kier molecular flexibility index (Phi) is 5.06. The van der Waals surface area contributed by atoms with Crippen LogP contribution in [0.2, 0.25) is 5.02 Å². The smallest absolute Gasteiger partial charge is 0.157 e. The molecule has 0 saturated carbocycles. The van der Waals surface area contributed by atoms with Gasteiger partial charge < -0.3 is 4.74 Å². The third-order valence-electron chi connectivity index (χ3n) is 3.13. The van der Waals surface area contributed by atoms with Gasteiger partial charge in [-0.15, -0.1) is 0 Å². The van der Waals surface area contributed by atoms with Crippen molar-refractivity contribution in [3.05, 3.63) is 28.8 Å². The first-order valence-electron chi connectivity index (χ1n) is 7.08. The topological polar surface area (TPSA) is 44.9 Å². The number of aryl methyl sites for hydroxylation is 3. The van der Waals surface area contributed by atoms with Crippen LogP contribution in [0.3, 0.4) is 0 Å². The summed E-state index contributed by atoms with van der Waals surface area (Å²) in [6, 6.07) is 0. The van der Waals surface area contributed by atoms with Crippen LogP contribution in [0.1, 0.15) is 38.6 Å². The number of halogens is 1. The fraction of sp³-hybridized carbons (Fsp3) is 0.571. The highest BCUT2D eigenvalue weighted by atomic mass is 35.5. The normalized spacial score (nSPS) is 11.0. The lowest BCUT2D eigenvalue weighted by Crippen LogP contribution is -2.06. The molecule has 2 rings (SSSR count). The zero-order valence-corrected chi connectivity index (χ0v) is 13.0. The van der Waals surface area contributed by atoms with E-state index in [2.05, 4.69) is 17.1 Å². The molecule has 0 spiro atoms. The van der Waals surface area contributed by atoms with Crippen LogP contribution in [-0.4, -0.2) is 19.6 Å². The Balaban J connectivity index is 2.07. The second kappa shape index (κ2) is 6.79. The fourth-order valence-corrected chi connectivity index (χ4v) is 2.40. The lowest BCUT2D eigenvalue weighted by molar-refractivity contribution is 0.292. The first kappa shape index (κ1) is 14.9. The van der Waals surface area contributed by atoms with E-state index in [1.807, 2.05) is 29.4 Å². The molecular weight excluding hydrogens is 276 g/mol. The van der Waals surface area contributed by atoms with Gasteiger partial charge in [0, 0.05) is 13.1 Å².